The minimum absolute atomic E-state index is 0.239. The van der Waals surface area contributed by atoms with Gasteiger partial charge in [-0.2, -0.15) is 0 Å². The lowest BCUT2D eigenvalue weighted by atomic mass is 9.87. The fourth-order valence-corrected chi connectivity index (χ4v) is 3.35. The third-order valence-electron chi connectivity index (χ3n) is 5.03. The summed E-state index contributed by atoms with van der Waals surface area (Å²) in [4.78, 5) is 0. The fourth-order valence-electron chi connectivity index (χ4n) is 3.35. The van der Waals surface area contributed by atoms with Crippen LogP contribution in [0.25, 0.3) is 0 Å². The Kier molecular flexibility index (Phi) is 3.76. The molecule has 0 aromatic heterocycles. The first-order chi connectivity index (χ1) is 7.16. The molecule has 0 aliphatic heterocycles. The Balaban J connectivity index is 2.68. The molecule has 2 atom stereocenters. The molecular weight excluding hydrogens is 198 g/mol. The quantitative estimate of drug-likeness (QED) is 0.758. The molecular formula is C14H29NO. The van der Waals surface area contributed by atoms with Gasteiger partial charge in [0, 0.05) is 0 Å². The average Bonchev–Trinajstić information content (AvgIpc) is 2.52. The van der Waals surface area contributed by atoms with Crippen molar-refractivity contribution in [1.29, 1.82) is 0 Å². The monoisotopic (exact) mass is 227 g/mol. The van der Waals surface area contributed by atoms with E-state index in [1.807, 2.05) is 0 Å². The zero-order valence-corrected chi connectivity index (χ0v) is 11.7. The van der Waals surface area contributed by atoms with Crippen molar-refractivity contribution in [2.75, 3.05) is 6.54 Å². The van der Waals surface area contributed by atoms with Crippen LogP contribution in [0.15, 0.2) is 0 Å². The summed E-state index contributed by atoms with van der Waals surface area (Å²) in [6.07, 6.45) is 0.790. The van der Waals surface area contributed by atoms with Crippen LogP contribution in [0.3, 0.4) is 0 Å². The molecule has 3 N–H and O–H groups in total. The number of rotatable bonds is 5. The second kappa shape index (κ2) is 4.30. The molecule has 1 aliphatic rings. The van der Waals surface area contributed by atoms with E-state index < -0.39 is 0 Å². The first-order valence-electron chi connectivity index (χ1n) is 6.54. The Morgan fingerprint density at radius 3 is 1.81 bits per heavy atom. The highest BCUT2D eigenvalue weighted by Crippen LogP contribution is 2.70. The van der Waals surface area contributed by atoms with Crippen molar-refractivity contribution in [3.63, 3.8) is 0 Å². The highest BCUT2D eigenvalue weighted by molar-refractivity contribution is 5.15. The van der Waals surface area contributed by atoms with Crippen molar-refractivity contribution >= 4 is 0 Å². The molecule has 0 bridgehead atoms. The van der Waals surface area contributed by atoms with Crippen LogP contribution >= 0.6 is 0 Å². The summed E-state index contributed by atoms with van der Waals surface area (Å²) in [6.45, 7) is 14.0. The summed E-state index contributed by atoms with van der Waals surface area (Å²) in [5, 5.41) is 10.5. The highest BCUT2D eigenvalue weighted by atomic mass is 16.3. The second-order valence-electron chi connectivity index (χ2n) is 7.04. The van der Waals surface area contributed by atoms with E-state index in [1.54, 1.807) is 0 Å². The second-order valence-corrected chi connectivity index (χ2v) is 7.04. The van der Waals surface area contributed by atoms with Crippen LogP contribution in [0.5, 0.6) is 0 Å². The predicted octanol–water partition coefficient (Wildman–Crippen LogP) is 2.65. The minimum atomic E-state index is -0.239. The molecule has 0 amide bonds. The van der Waals surface area contributed by atoms with E-state index >= 15 is 0 Å². The molecule has 96 valence electrons. The topological polar surface area (TPSA) is 46.2 Å². The van der Waals surface area contributed by atoms with E-state index in [4.69, 9.17) is 5.73 Å². The Morgan fingerprint density at radius 1 is 1.12 bits per heavy atom. The molecule has 0 aromatic rings. The Bertz CT molecular complexity index is 231. The van der Waals surface area contributed by atoms with E-state index in [9.17, 15) is 5.11 Å². The van der Waals surface area contributed by atoms with Gasteiger partial charge in [-0.25, -0.2) is 0 Å². The lowest BCUT2D eigenvalue weighted by molar-refractivity contribution is 0.0618. The normalized spacial score (nSPS) is 26.8. The van der Waals surface area contributed by atoms with Crippen molar-refractivity contribution in [3.8, 4) is 0 Å². The minimum Gasteiger partial charge on any atom is -0.392 e. The first-order valence-corrected chi connectivity index (χ1v) is 6.54. The highest BCUT2D eigenvalue weighted by Gasteiger charge is 2.67. The van der Waals surface area contributed by atoms with Gasteiger partial charge in [0.2, 0.25) is 0 Å². The molecule has 1 aliphatic carbocycles. The van der Waals surface area contributed by atoms with Gasteiger partial charge in [0.15, 0.2) is 0 Å². The summed E-state index contributed by atoms with van der Waals surface area (Å²) >= 11 is 0. The summed E-state index contributed by atoms with van der Waals surface area (Å²) < 4.78 is 0. The van der Waals surface area contributed by atoms with Crippen LogP contribution in [-0.4, -0.2) is 17.8 Å². The van der Waals surface area contributed by atoms with Gasteiger partial charge >= 0.3 is 0 Å². The number of aliphatic hydroxyl groups excluding tert-OH is 1. The summed E-state index contributed by atoms with van der Waals surface area (Å²) in [5.74, 6) is 1.26. The molecule has 1 rings (SSSR count). The van der Waals surface area contributed by atoms with Gasteiger partial charge in [-0.15, -0.1) is 0 Å². The van der Waals surface area contributed by atoms with E-state index in [0.717, 1.165) is 6.42 Å². The summed E-state index contributed by atoms with van der Waals surface area (Å²) in [5.41, 5.74) is 6.30. The number of nitrogens with two attached hydrogens (primary N) is 1. The summed E-state index contributed by atoms with van der Waals surface area (Å²) in [7, 11) is 0. The van der Waals surface area contributed by atoms with Crippen molar-refractivity contribution in [2.45, 2.75) is 54.1 Å². The van der Waals surface area contributed by atoms with Crippen molar-refractivity contribution in [3.05, 3.63) is 0 Å². The van der Waals surface area contributed by atoms with E-state index in [2.05, 4.69) is 41.5 Å². The van der Waals surface area contributed by atoms with Crippen LogP contribution in [0, 0.1) is 28.6 Å². The van der Waals surface area contributed by atoms with E-state index in [0.29, 0.717) is 18.4 Å². The molecule has 0 spiro atoms. The molecule has 0 heterocycles. The van der Waals surface area contributed by atoms with Crippen molar-refractivity contribution < 1.29 is 5.11 Å². The SMILES string of the molecule is CC(C)CC(CN)C(O)C1C(C)(C)C1(C)C. The standard InChI is InChI=1S/C14H29NO/c1-9(2)7-10(8-15)11(16)12-13(3,4)14(12,5)6/h9-12,16H,7-8,15H2,1-6H3. The van der Waals surface area contributed by atoms with Crippen molar-refractivity contribution in [2.24, 2.45) is 34.3 Å². The van der Waals surface area contributed by atoms with Gasteiger partial charge in [-0.05, 0) is 41.5 Å². The van der Waals surface area contributed by atoms with Crippen LogP contribution in [0.4, 0.5) is 0 Å². The molecule has 16 heavy (non-hydrogen) atoms. The predicted molar refractivity (Wildman–Crippen MR) is 69.1 cm³/mol. The zero-order chi connectivity index (χ0) is 12.7. The lowest BCUT2D eigenvalue weighted by Gasteiger charge is -2.24. The van der Waals surface area contributed by atoms with Crippen LogP contribution in [0.2, 0.25) is 0 Å². The number of hydrogen-bond acceptors (Lipinski definition) is 2. The van der Waals surface area contributed by atoms with Gasteiger partial charge < -0.3 is 10.8 Å². The number of aliphatic hydroxyl groups is 1. The first kappa shape index (κ1) is 14.0. The average molecular weight is 227 g/mol. The largest absolute Gasteiger partial charge is 0.392 e. The number of hydrogen-bond donors (Lipinski definition) is 2. The van der Waals surface area contributed by atoms with Gasteiger partial charge in [-0.3, -0.25) is 0 Å². The van der Waals surface area contributed by atoms with Gasteiger partial charge in [0.05, 0.1) is 6.10 Å². The molecule has 0 saturated heterocycles. The van der Waals surface area contributed by atoms with Crippen LogP contribution < -0.4 is 5.73 Å². The molecule has 2 nitrogen and oxygen atoms in total. The maximum absolute atomic E-state index is 10.5. The maximum Gasteiger partial charge on any atom is 0.0619 e. The Morgan fingerprint density at radius 2 is 1.56 bits per heavy atom. The third kappa shape index (κ3) is 2.14. The molecule has 1 saturated carbocycles. The molecule has 0 aromatic carbocycles. The van der Waals surface area contributed by atoms with E-state index in [-0.39, 0.29) is 22.9 Å². The maximum atomic E-state index is 10.5. The third-order valence-corrected chi connectivity index (χ3v) is 5.03. The Labute approximate surface area is 101 Å². The smallest absolute Gasteiger partial charge is 0.0619 e. The molecule has 1 fully saturated rings. The zero-order valence-electron chi connectivity index (χ0n) is 11.7. The van der Waals surface area contributed by atoms with E-state index in [1.165, 1.54) is 0 Å². The van der Waals surface area contributed by atoms with Gasteiger partial charge in [-0.1, -0.05) is 41.5 Å². The lowest BCUT2D eigenvalue weighted by Crippen LogP contribution is -2.32. The van der Waals surface area contributed by atoms with Crippen molar-refractivity contribution in [1.82, 2.24) is 0 Å². The van der Waals surface area contributed by atoms with Crippen LogP contribution in [-0.2, 0) is 0 Å². The molecule has 2 heteroatoms. The van der Waals surface area contributed by atoms with Gasteiger partial charge in [0.1, 0.15) is 0 Å². The van der Waals surface area contributed by atoms with Gasteiger partial charge in [0.25, 0.3) is 0 Å². The molecule has 0 radical (unpaired) electrons. The molecule has 2 unspecified atom stereocenters. The summed E-state index contributed by atoms with van der Waals surface area (Å²) in [6, 6.07) is 0. The fraction of sp³-hybridized carbons (Fsp3) is 1.00. The van der Waals surface area contributed by atoms with Crippen LogP contribution in [0.1, 0.15) is 48.0 Å². The Hall–Kier alpha value is -0.0800.